The second-order valence-corrected chi connectivity index (χ2v) is 8.21. The summed E-state index contributed by atoms with van der Waals surface area (Å²) in [6.07, 6.45) is 1.34. The summed E-state index contributed by atoms with van der Waals surface area (Å²) < 4.78 is 13.7. The van der Waals surface area contributed by atoms with Crippen molar-refractivity contribution < 1.29 is 9.18 Å². The Kier molecular flexibility index (Phi) is 5.19. The molecule has 28 heavy (non-hydrogen) atoms. The standard InChI is InChI=1S/C22H27FN4O/c1-22(24,13-15-6-3-2-4-7-15)21(28)27-11-10-19-18(14-27)20(26-25-19)16-8-5-9-17(23)12-16/h2-9,12,18-20,25-26H,10-11,13-14,24H2,1H3/t18?,19?,20?,22-/m0/s1. The summed E-state index contributed by atoms with van der Waals surface area (Å²) in [7, 11) is 0. The molecule has 2 heterocycles. The van der Waals surface area contributed by atoms with Crippen LogP contribution in [0.5, 0.6) is 0 Å². The third-order valence-corrected chi connectivity index (χ3v) is 5.91. The molecule has 2 aliphatic rings. The quantitative estimate of drug-likeness (QED) is 0.758. The van der Waals surface area contributed by atoms with Crippen LogP contribution in [0.15, 0.2) is 54.6 Å². The first-order valence-electron chi connectivity index (χ1n) is 9.83. The molecule has 2 saturated heterocycles. The van der Waals surface area contributed by atoms with E-state index in [4.69, 9.17) is 5.73 Å². The molecule has 2 aliphatic heterocycles. The molecular weight excluding hydrogens is 355 g/mol. The molecule has 2 aromatic rings. The van der Waals surface area contributed by atoms with E-state index in [1.165, 1.54) is 6.07 Å². The fourth-order valence-electron chi connectivity index (χ4n) is 4.47. The number of hydrazine groups is 1. The minimum atomic E-state index is -0.956. The first-order chi connectivity index (χ1) is 13.4. The van der Waals surface area contributed by atoms with Crippen molar-refractivity contribution in [3.63, 3.8) is 0 Å². The molecular formula is C22H27FN4O. The monoisotopic (exact) mass is 382 g/mol. The maximum Gasteiger partial charge on any atom is 0.242 e. The van der Waals surface area contributed by atoms with Crippen LogP contribution in [0, 0.1) is 11.7 Å². The molecule has 4 atom stereocenters. The number of nitrogens with one attached hydrogen (secondary N) is 2. The number of carbonyl (C=O) groups is 1. The predicted octanol–water partition coefficient (Wildman–Crippen LogP) is 2.15. The number of amides is 1. The maximum atomic E-state index is 13.7. The van der Waals surface area contributed by atoms with E-state index in [0.717, 1.165) is 17.5 Å². The minimum Gasteiger partial charge on any atom is -0.341 e. The number of likely N-dealkylation sites (tertiary alicyclic amines) is 1. The topological polar surface area (TPSA) is 70.4 Å². The summed E-state index contributed by atoms with van der Waals surface area (Å²) in [5.74, 6) is -0.101. The normalized spacial score (nSPS) is 26.5. The van der Waals surface area contributed by atoms with Crippen LogP contribution in [0.1, 0.15) is 30.5 Å². The summed E-state index contributed by atoms with van der Waals surface area (Å²) in [4.78, 5) is 15.1. The highest BCUT2D eigenvalue weighted by atomic mass is 19.1. The molecule has 0 bridgehead atoms. The molecule has 0 aliphatic carbocycles. The zero-order valence-electron chi connectivity index (χ0n) is 16.1. The van der Waals surface area contributed by atoms with Crippen molar-refractivity contribution in [3.8, 4) is 0 Å². The van der Waals surface area contributed by atoms with E-state index in [1.807, 2.05) is 48.2 Å². The molecule has 4 rings (SSSR count). The van der Waals surface area contributed by atoms with Crippen LogP contribution >= 0.6 is 0 Å². The van der Waals surface area contributed by atoms with Gasteiger partial charge in [-0.1, -0.05) is 42.5 Å². The fraction of sp³-hybridized carbons (Fsp3) is 0.409. The summed E-state index contributed by atoms with van der Waals surface area (Å²) in [6, 6.07) is 16.7. The second kappa shape index (κ2) is 7.62. The van der Waals surface area contributed by atoms with E-state index < -0.39 is 5.54 Å². The first kappa shape index (κ1) is 19.1. The molecule has 148 valence electrons. The maximum absolute atomic E-state index is 13.7. The lowest BCUT2D eigenvalue weighted by atomic mass is 9.83. The van der Waals surface area contributed by atoms with Gasteiger partial charge in [0, 0.05) is 25.0 Å². The van der Waals surface area contributed by atoms with Gasteiger partial charge in [0.2, 0.25) is 5.91 Å². The molecule has 5 nitrogen and oxygen atoms in total. The van der Waals surface area contributed by atoms with Crippen LogP contribution in [0.2, 0.25) is 0 Å². The molecule has 2 aromatic carbocycles. The van der Waals surface area contributed by atoms with Crippen molar-refractivity contribution in [1.82, 2.24) is 15.8 Å². The number of hydrogen-bond donors (Lipinski definition) is 3. The number of nitrogens with two attached hydrogens (primary N) is 1. The lowest BCUT2D eigenvalue weighted by Gasteiger charge is -2.39. The van der Waals surface area contributed by atoms with Gasteiger partial charge in [0.1, 0.15) is 5.82 Å². The number of fused-ring (bicyclic) bond motifs is 1. The SMILES string of the molecule is C[C@](N)(Cc1ccccc1)C(=O)N1CCC2NNC(c3cccc(F)c3)C2C1. The number of halogens is 1. The van der Waals surface area contributed by atoms with Gasteiger partial charge in [-0.2, -0.15) is 0 Å². The fourth-order valence-corrected chi connectivity index (χ4v) is 4.47. The van der Waals surface area contributed by atoms with Crippen LogP contribution in [0.4, 0.5) is 4.39 Å². The molecule has 4 N–H and O–H groups in total. The Bertz CT molecular complexity index is 841. The van der Waals surface area contributed by atoms with Crippen molar-refractivity contribution in [2.45, 2.75) is 37.4 Å². The van der Waals surface area contributed by atoms with Crippen LogP contribution in [-0.2, 0) is 11.2 Å². The predicted molar refractivity (Wildman–Crippen MR) is 107 cm³/mol. The van der Waals surface area contributed by atoms with Gasteiger partial charge in [0.25, 0.3) is 0 Å². The van der Waals surface area contributed by atoms with Gasteiger partial charge in [0.05, 0.1) is 11.6 Å². The molecule has 1 amide bonds. The van der Waals surface area contributed by atoms with Crippen LogP contribution in [0.25, 0.3) is 0 Å². The van der Waals surface area contributed by atoms with Crippen LogP contribution in [0.3, 0.4) is 0 Å². The van der Waals surface area contributed by atoms with E-state index in [0.29, 0.717) is 19.5 Å². The van der Waals surface area contributed by atoms with Gasteiger partial charge in [-0.15, -0.1) is 0 Å². The van der Waals surface area contributed by atoms with E-state index in [2.05, 4.69) is 10.9 Å². The number of carbonyl (C=O) groups excluding carboxylic acids is 1. The molecule has 6 heteroatoms. The van der Waals surface area contributed by atoms with Crippen molar-refractivity contribution in [2.24, 2.45) is 11.7 Å². The Morgan fingerprint density at radius 2 is 2.00 bits per heavy atom. The van der Waals surface area contributed by atoms with E-state index in [9.17, 15) is 9.18 Å². The third-order valence-electron chi connectivity index (χ3n) is 5.91. The van der Waals surface area contributed by atoms with Gasteiger partial charge < -0.3 is 10.6 Å². The Labute approximate surface area is 165 Å². The minimum absolute atomic E-state index is 0.0281. The number of hydrogen-bond acceptors (Lipinski definition) is 4. The van der Waals surface area contributed by atoms with E-state index in [-0.39, 0.29) is 29.7 Å². The first-order valence-corrected chi connectivity index (χ1v) is 9.83. The zero-order valence-corrected chi connectivity index (χ0v) is 16.1. The van der Waals surface area contributed by atoms with Crippen molar-refractivity contribution in [3.05, 3.63) is 71.5 Å². The zero-order chi connectivity index (χ0) is 19.7. The summed E-state index contributed by atoms with van der Waals surface area (Å²) in [6.45, 7) is 3.09. The molecule has 0 spiro atoms. The molecule has 3 unspecified atom stereocenters. The summed E-state index contributed by atoms with van der Waals surface area (Å²) >= 11 is 0. The lowest BCUT2D eigenvalue weighted by molar-refractivity contribution is -0.138. The van der Waals surface area contributed by atoms with Gasteiger partial charge >= 0.3 is 0 Å². The Balaban J connectivity index is 1.48. The Morgan fingerprint density at radius 1 is 1.21 bits per heavy atom. The van der Waals surface area contributed by atoms with Crippen LogP contribution in [-0.4, -0.2) is 35.5 Å². The van der Waals surface area contributed by atoms with E-state index >= 15 is 0 Å². The lowest BCUT2D eigenvalue weighted by Crippen LogP contribution is -2.58. The number of piperidine rings is 1. The van der Waals surface area contributed by atoms with Crippen LogP contribution < -0.4 is 16.6 Å². The molecule has 0 radical (unpaired) electrons. The largest absolute Gasteiger partial charge is 0.341 e. The van der Waals surface area contributed by atoms with Gasteiger partial charge in [0.15, 0.2) is 0 Å². The molecule has 0 saturated carbocycles. The van der Waals surface area contributed by atoms with Gasteiger partial charge in [-0.25, -0.2) is 9.82 Å². The van der Waals surface area contributed by atoms with Crippen molar-refractivity contribution in [2.75, 3.05) is 13.1 Å². The third kappa shape index (κ3) is 3.81. The molecule has 2 fully saturated rings. The highest BCUT2D eigenvalue weighted by Gasteiger charge is 2.44. The Hall–Kier alpha value is -2.28. The average molecular weight is 382 g/mol. The second-order valence-electron chi connectivity index (χ2n) is 8.21. The summed E-state index contributed by atoms with van der Waals surface area (Å²) in [5, 5.41) is 0. The van der Waals surface area contributed by atoms with E-state index in [1.54, 1.807) is 12.1 Å². The average Bonchev–Trinajstić information content (AvgIpc) is 3.11. The number of nitrogens with zero attached hydrogens (tertiary/aromatic N) is 1. The van der Waals surface area contributed by atoms with Crippen molar-refractivity contribution in [1.29, 1.82) is 0 Å². The van der Waals surface area contributed by atoms with Crippen molar-refractivity contribution >= 4 is 5.91 Å². The highest BCUT2D eigenvalue weighted by molar-refractivity contribution is 5.86. The van der Waals surface area contributed by atoms with Gasteiger partial charge in [-0.05, 0) is 43.0 Å². The highest BCUT2D eigenvalue weighted by Crippen LogP contribution is 2.34. The van der Waals surface area contributed by atoms with Gasteiger partial charge in [-0.3, -0.25) is 10.2 Å². The Morgan fingerprint density at radius 3 is 2.75 bits per heavy atom. The number of benzene rings is 2. The summed E-state index contributed by atoms with van der Waals surface area (Å²) in [5.41, 5.74) is 14.1. The number of rotatable bonds is 4. The molecule has 0 aromatic heterocycles. The smallest absolute Gasteiger partial charge is 0.242 e.